The molecule has 0 aliphatic heterocycles. The number of amides is 2. The van der Waals surface area contributed by atoms with Crippen LogP contribution in [0.15, 0.2) is 108 Å². The quantitative estimate of drug-likeness (QED) is 0.0678. The topological polar surface area (TPSA) is 102 Å². The molecule has 0 aliphatic carbocycles. The van der Waals surface area contributed by atoms with Crippen molar-refractivity contribution in [3.05, 3.63) is 130 Å². The fourth-order valence-corrected chi connectivity index (χ4v) is 4.85. The van der Waals surface area contributed by atoms with Crippen molar-refractivity contribution in [2.75, 3.05) is 19.6 Å². The highest BCUT2D eigenvalue weighted by atomic mass is 79.9. The molecule has 0 radical (unpaired) electrons. The number of hydrogen-bond donors (Lipinski definition) is 2. The highest BCUT2D eigenvalue weighted by molar-refractivity contribution is 9.10. The molecular formula is C36H33BrF3N3O4. The van der Waals surface area contributed by atoms with E-state index in [1.807, 2.05) is 66.7 Å². The maximum absolute atomic E-state index is 13.5. The normalized spacial score (nSPS) is 11.3. The number of halogens is 4. The number of esters is 1. The molecule has 0 spiro atoms. The van der Waals surface area contributed by atoms with Gasteiger partial charge in [-0.05, 0) is 95.7 Å². The number of carbonyl (C=O) groups is 3. The maximum atomic E-state index is 13.5. The summed E-state index contributed by atoms with van der Waals surface area (Å²) < 4.78 is 43.0. The summed E-state index contributed by atoms with van der Waals surface area (Å²) in [6.45, 7) is 1.55. The molecular weight excluding hydrogens is 675 g/mol. The van der Waals surface area contributed by atoms with Crippen molar-refractivity contribution in [2.45, 2.75) is 25.6 Å². The van der Waals surface area contributed by atoms with E-state index in [-0.39, 0.29) is 24.1 Å². The summed E-state index contributed by atoms with van der Waals surface area (Å²) in [7, 11) is 0. The van der Waals surface area contributed by atoms with E-state index in [1.54, 1.807) is 29.2 Å². The van der Waals surface area contributed by atoms with E-state index in [2.05, 4.69) is 26.0 Å². The highest BCUT2D eigenvalue weighted by Gasteiger charge is 2.41. The average Bonchev–Trinajstić information content (AvgIpc) is 3.06. The van der Waals surface area contributed by atoms with Crippen molar-refractivity contribution in [2.24, 2.45) is 5.73 Å². The van der Waals surface area contributed by atoms with Crippen molar-refractivity contribution in [1.29, 1.82) is 0 Å². The standard InChI is InChI=1S/C36H33BrF3N3O4/c37-31-13-8-25(9-14-31)12-17-33(44)43(21-18-26-10-15-32(16-11-26)47-35(46)36(38,39)40)24-27-4-1-5-28(22-27)29-6-2-7-30(23-29)34(45)42-20-3-19-41/h1-2,4-17,22-23H,3,18-21,24,41H2,(H,42,45). The first-order valence-corrected chi connectivity index (χ1v) is 15.6. The third-order valence-corrected chi connectivity index (χ3v) is 7.59. The minimum absolute atomic E-state index is 0.183. The number of rotatable bonds is 13. The number of nitrogens with one attached hydrogen (secondary N) is 1. The molecule has 47 heavy (non-hydrogen) atoms. The Morgan fingerprint density at radius 2 is 1.55 bits per heavy atom. The molecule has 4 aromatic rings. The molecule has 0 saturated heterocycles. The van der Waals surface area contributed by atoms with Gasteiger partial charge in [0.2, 0.25) is 5.91 Å². The van der Waals surface area contributed by atoms with Gasteiger partial charge in [-0.15, -0.1) is 0 Å². The lowest BCUT2D eigenvalue weighted by Gasteiger charge is -2.22. The maximum Gasteiger partial charge on any atom is 0.491 e. The Hall–Kier alpha value is -4.74. The van der Waals surface area contributed by atoms with Gasteiger partial charge in [0.15, 0.2) is 0 Å². The van der Waals surface area contributed by atoms with Crippen LogP contribution in [-0.2, 0) is 22.6 Å². The van der Waals surface area contributed by atoms with Gasteiger partial charge in [-0.1, -0.05) is 70.5 Å². The largest absolute Gasteiger partial charge is 0.491 e. The van der Waals surface area contributed by atoms with Crippen LogP contribution >= 0.6 is 15.9 Å². The van der Waals surface area contributed by atoms with Crippen molar-refractivity contribution in [3.63, 3.8) is 0 Å². The Balaban J connectivity index is 1.51. The SMILES string of the molecule is NCCCNC(=O)c1cccc(-c2cccc(CN(CCc3ccc(OC(=O)C(F)(F)F)cc3)C(=O)C=Cc3ccc(Br)cc3)c2)c1. The number of alkyl halides is 3. The molecule has 0 aliphatic rings. The summed E-state index contributed by atoms with van der Waals surface area (Å²) in [4.78, 5) is 38.9. The van der Waals surface area contributed by atoms with Gasteiger partial charge >= 0.3 is 12.1 Å². The second kappa shape index (κ2) is 16.7. The van der Waals surface area contributed by atoms with Crippen molar-refractivity contribution >= 4 is 39.8 Å². The Kier molecular flexibility index (Phi) is 12.5. The van der Waals surface area contributed by atoms with E-state index in [4.69, 9.17) is 5.73 Å². The number of carbonyl (C=O) groups excluding carboxylic acids is 3. The minimum Gasteiger partial charge on any atom is -0.420 e. The van der Waals surface area contributed by atoms with E-state index in [0.717, 1.165) is 32.3 Å². The number of nitrogens with zero attached hydrogens (tertiary/aromatic N) is 1. The first-order valence-electron chi connectivity index (χ1n) is 14.8. The summed E-state index contributed by atoms with van der Waals surface area (Å²) >= 11 is 3.40. The Morgan fingerprint density at radius 3 is 2.23 bits per heavy atom. The molecule has 0 saturated carbocycles. The summed E-state index contributed by atoms with van der Waals surface area (Å²) in [5.41, 5.74) is 10.2. The fraction of sp³-hybridized carbons (Fsp3) is 0.194. The smallest absolute Gasteiger partial charge is 0.420 e. The van der Waals surface area contributed by atoms with Crippen LogP contribution in [0.25, 0.3) is 17.2 Å². The molecule has 2 amide bonds. The fourth-order valence-electron chi connectivity index (χ4n) is 4.58. The molecule has 244 valence electrons. The molecule has 4 rings (SSSR count). The van der Waals surface area contributed by atoms with Gasteiger partial charge in [0.1, 0.15) is 5.75 Å². The summed E-state index contributed by atoms with van der Waals surface area (Å²) in [6, 6.07) is 28.2. The van der Waals surface area contributed by atoms with E-state index < -0.39 is 12.1 Å². The molecule has 4 aromatic carbocycles. The minimum atomic E-state index is -5.09. The summed E-state index contributed by atoms with van der Waals surface area (Å²) in [5.74, 6) is -2.93. The van der Waals surface area contributed by atoms with Crippen molar-refractivity contribution in [1.82, 2.24) is 10.2 Å². The van der Waals surface area contributed by atoms with Crippen molar-refractivity contribution in [3.8, 4) is 16.9 Å². The third kappa shape index (κ3) is 10.9. The second-order valence-electron chi connectivity index (χ2n) is 10.6. The summed E-state index contributed by atoms with van der Waals surface area (Å²) in [6.07, 6.45) is -0.788. The van der Waals surface area contributed by atoms with Gasteiger partial charge < -0.3 is 20.7 Å². The lowest BCUT2D eigenvalue weighted by atomic mass is 10.0. The third-order valence-electron chi connectivity index (χ3n) is 7.06. The van der Waals surface area contributed by atoms with E-state index in [0.29, 0.717) is 38.0 Å². The lowest BCUT2D eigenvalue weighted by Crippen LogP contribution is -2.31. The molecule has 0 unspecified atom stereocenters. The zero-order chi connectivity index (χ0) is 33.8. The zero-order valence-corrected chi connectivity index (χ0v) is 26.9. The van der Waals surface area contributed by atoms with E-state index >= 15 is 0 Å². The van der Waals surface area contributed by atoms with Gasteiger partial charge in [-0.3, -0.25) is 9.59 Å². The Morgan fingerprint density at radius 1 is 0.872 bits per heavy atom. The monoisotopic (exact) mass is 707 g/mol. The zero-order valence-electron chi connectivity index (χ0n) is 25.3. The number of nitrogens with two attached hydrogens (primary N) is 1. The van der Waals surface area contributed by atoms with Gasteiger partial charge in [-0.25, -0.2) is 4.79 Å². The average molecular weight is 709 g/mol. The molecule has 0 heterocycles. The molecule has 0 aromatic heterocycles. The predicted octanol–water partition coefficient (Wildman–Crippen LogP) is 6.95. The molecule has 0 fully saturated rings. The van der Waals surface area contributed by atoms with Gasteiger partial charge in [0.05, 0.1) is 0 Å². The first kappa shape index (κ1) is 35.1. The number of hydrogen-bond acceptors (Lipinski definition) is 5. The molecule has 7 nitrogen and oxygen atoms in total. The van der Waals surface area contributed by atoms with E-state index in [9.17, 15) is 27.6 Å². The van der Waals surface area contributed by atoms with Crippen LogP contribution in [0, 0.1) is 0 Å². The van der Waals surface area contributed by atoms with Crippen LogP contribution in [0.1, 0.15) is 33.5 Å². The lowest BCUT2D eigenvalue weighted by molar-refractivity contribution is -0.189. The molecule has 0 bridgehead atoms. The molecule has 3 N–H and O–H groups in total. The Bertz CT molecular complexity index is 1710. The molecule has 0 atom stereocenters. The highest BCUT2D eigenvalue weighted by Crippen LogP contribution is 2.24. The van der Waals surface area contributed by atoms with Crippen LogP contribution < -0.4 is 15.8 Å². The van der Waals surface area contributed by atoms with Crippen LogP contribution in [0.5, 0.6) is 5.75 Å². The second-order valence-corrected chi connectivity index (χ2v) is 11.5. The van der Waals surface area contributed by atoms with Crippen LogP contribution in [-0.4, -0.2) is 48.5 Å². The van der Waals surface area contributed by atoms with Gasteiger partial charge in [0, 0.05) is 35.7 Å². The summed E-state index contributed by atoms with van der Waals surface area (Å²) in [5, 5.41) is 2.86. The predicted molar refractivity (Wildman–Crippen MR) is 178 cm³/mol. The molecule has 11 heteroatoms. The first-order chi connectivity index (χ1) is 22.5. The van der Waals surface area contributed by atoms with Gasteiger partial charge in [0.25, 0.3) is 5.91 Å². The number of ether oxygens (including phenoxy) is 1. The Labute approximate surface area is 279 Å². The number of benzene rings is 4. The van der Waals surface area contributed by atoms with Crippen LogP contribution in [0.2, 0.25) is 0 Å². The van der Waals surface area contributed by atoms with Crippen LogP contribution in [0.3, 0.4) is 0 Å². The van der Waals surface area contributed by atoms with Crippen LogP contribution in [0.4, 0.5) is 13.2 Å². The van der Waals surface area contributed by atoms with E-state index in [1.165, 1.54) is 18.2 Å². The van der Waals surface area contributed by atoms with Gasteiger partial charge in [-0.2, -0.15) is 13.2 Å². The van der Waals surface area contributed by atoms with Crippen molar-refractivity contribution < 1.29 is 32.3 Å².